The Bertz CT molecular complexity index is 501. The normalized spacial score (nSPS) is 17.9. The van der Waals surface area contributed by atoms with Gasteiger partial charge in [-0.2, -0.15) is 0 Å². The molecule has 7 heteroatoms. The van der Waals surface area contributed by atoms with Crippen molar-refractivity contribution in [3.8, 4) is 0 Å². The van der Waals surface area contributed by atoms with Crippen LogP contribution in [0.1, 0.15) is 12.8 Å². The van der Waals surface area contributed by atoms with Crippen molar-refractivity contribution in [1.29, 1.82) is 0 Å². The summed E-state index contributed by atoms with van der Waals surface area (Å²) in [4.78, 5) is 13.6. The number of anilines is 1. The van der Waals surface area contributed by atoms with Gasteiger partial charge >= 0.3 is 6.03 Å². The minimum atomic E-state index is -0.438. The van der Waals surface area contributed by atoms with Gasteiger partial charge in [0.1, 0.15) is 5.82 Å². The van der Waals surface area contributed by atoms with Crippen LogP contribution in [0.25, 0.3) is 0 Å². The van der Waals surface area contributed by atoms with Gasteiger partial charge in [-0.1, -0.05) is 11.6 Å². The van der Waals surface area contributed by atoms with Gasteiger partial charge in [-0.05, 0) is 31.0 Å². The molecule has 1 unspecified atom stereocenters. The van der Waals surface area contributed by atoms with Crippen LogP contribution in [0.3, 0.4) is 0 Å². The smallest absolute Gasteiger partial charge is 0.315 e. The molecule has 1 aliphatic rings. The lowest BCUT2D eigenvalue weighted by Gasteiger charge is -2.19. The fourth-order valence-corrected chi connectivity index (χ4v) is 2.43. The van der Waals surface area contributed by atoms with Crippen molar-refractivity contribution in [2.24, 2.45) is 0 Å². The predicted molar refractivity (Wildman–Crippen MR) is 80.3 cm³/mol. The van der Waals surface area contributed by atoms with Gasteiger partial charge in [0.05, 0.1) is 5.02 Å². The number of amides is 2. The van der Waals surface area contributed by atoms with E-state index in [0.29, 0.717) is 19.5 Å². The molecule has 1 atom stereocenters. The number of carbonyl (C=O) groups excluding carboxylic acids is 1. The third kappa shape index (κ3) is 4.47. The first-order valence-corrected chi connectivity index (χ1v) is 7.33. The molecule has 0 spiro atoms. The number of aliphatic hydroxyl groups excluding tert-OH is 1. The summed E-state index contributed by atoms with van der Waals surface area (Å²) >= 11 is 5.67. The molecule has 0 radical (unpaired) electrons. The fourth-order valence-electron chi connectivity index (χ4n) is 2.31. The summed E-state index contributed by atoms with van der Waals surface area (Å²) in [6.07, 6.45) is 1.34. The minimum absolute atomic E-state index is 0.0258. The second-order valence-electron chi connectivity index (χ2n) is 5.01. The Kier molecular flexibility index (Phi) is 5.64. The Hall–Kier alpha value is -1.53. The van der Waals surface area contributed by atoms with Crippen molar-refractivity contribution in [2.45, 2.75) is 18.9 Å². The first-order valence-electron chi connectivity index (χ1n) is 6.95. The zero-order valence-electron chi connectivity index (χ0n) is 11.6. The summed E-state index contributed by atoms with van der Waals surface area (Å²) in [5, 5.41) is 14.3. The molecule has 5 nitrogen and oxygen atoms in total. The first kappa shape index (κ1) is 15.9. The van der Waals surface area contributed by atoms with Crippen LogP contribution < -0.4 is 15.5 Å². The van der Waals surface area contributed by atoms with Crippen molar-refractivity contribution in [3.05, 3.63) is 29.0 Å². The Morgan fingerprint density at radius 2 is 2.33 bits per heavy atom. The van der Waals surface area contributed by atoms with Crippen LogP contribution in [0.5, 0.6) is 0 Å². The quantitative estimate of drug-likeness (QED) is 0.725. The molecule has 1 saturated heterocycles. The molecule has 1 fully saturated rings. The lowest BCUT2D eigenvalue weighted by molar-refractivity contribution is 0.235. The van der Waals surface area contributed by atoms with E-state index >= 15 is 0 Å². The molecular formula is C14H19ClFN3O2. The highest BCUT2D eigenvalue weighted by Crippen LogP contribution is 2.24. The van der Waals surface area contributed by atoms with E-state index in [1.54, 1.807) is 6.07 Å². The Morgan fingerprint density at radius 3 is 3.05 bits per heavy atom. The van der Waals surface area contributed by atoms with Crippen molar-refractivity contribution < 1.29 is 14.3 Å². The predicted octanol–water partition coefficient (Wildman–Crippen LogP) is 1.74. The summed E-state index contributed by atoms with van der Waals surface area (Å²) in [5.41, 5.74) is 0.766. The third-order valence-corrected chi connectivity index (χ3v) is 3.72. The Morgan fingerprint density at radius 1 is 1.52 bits per heavy atom. The number of nitrogens with zero attached hydrogens (tertiary/aromatic N) is 1. The number of urea groups is 1. The van der Waals surface area contributed by atoms with E-state index in [1.807, 2.05) is 4.90 Å². The topological polar surface area (TPSA) is 64.6 Å². The van der Waals surface area contributed by atoms with Gasteiger partial charge in [0.15, 0.2) is 0 Å². The molecule has 0 aromatic heterocycles. The lowest BCUT2D eigenvalue weighted by atomic mass is 10.2. The van der Waals surface area contributed by atoms with Crippen molar-refractivity contribution in [2.75, 3.05) is 31.1 Å². The summed E-state index contributed by atoms with van der Waals surface area (Å²) < 4.78 is 13.5. The summed E-state index contributed by atoms with van der Waals surface area (Å²) in [5.74, 6) is -0.438. The Labute approximate surface area is 128 Å². The van der Waals surface area contributed by atoms with Crippen molar-refractivity contribution in [1.82, 2.24) is 10.6 Å². The number of halogens is 2. The van der Waals surface area contributed by atoms with E-state index in [2.05, 4.69) is 10.6 Å². The molecule has 2 rings (SSSR count). The molecular weight excluding hydrogens is 297 g/mol. The Balaban J connectivity index is 1.83. The molecule has 0 bridgehead atoms. The van der Waals surface area contributed by atoms with Gasteiger partial charge in [-0.3, -0.25) is 0 Å². The van der Waals surface area contributed by atoms with Crippen LogP contribution in [-0.4, -0.2) is 43.4 Å². The number of hydrogen-bond acceptors (Lipinski definition) is 3. The van der Waals surface area contributed by atoms with Gasteiger partial charge in [0, 0.05) is 38.0 Å². The molecule has 1 aromatic rings. The van der Waals surface area contributed by atoms with Crippen LogP contribution in [0.4, 0.5) is 14.9 Å². The zero-order chi connectivity index (χ0) is 15.2. The maximum absolute atomic E-state index is 13.5. The minimum Gasteiger partial charge on any atom is -0.396 e. The van der Waals surface area contributed by atoms with Gasteiger partial charge in [-0.15, -0.1) is 0 Å². The lowest BCUT2D eigenvalue weighted by Crippen LogP contribution is -2.43. The summed E-state index contributed by atoms with van der Waals surface area (Å²) in [7, 11) is 0. The molecule has 21 heavy (non-hydrogen) atoms. The highest BCUT2D eigenvalue weighted by molar-refractivity contribution is 6.30. The average Bonchev–Trinajstić information content (AvgIpc) is 2.90. The molecule has 2 amide bonds. The molecule has 1 aliphatic heterocycles. The van der Waals surface area contributed by atoms with E-state index in [-0.39, 0.29) is 23.7 Å². The average molecular weight is 316 g/mol. The maximum Gasteiger partial charge on any atom is 0.315 e. The van der Waals surface area contributed by atoms with Crippen LogP contribution in [0, 0.1) is 5.82 Å². The first-order chi connectivity index (χ1) is 10.1. The monoisotopic (exact) mass is 315 g/mol. The SMILES string of the molecule is O=C(NCCCO)NC1CCN(c2ccc(Cl)c(F)c2)C1. The number of hydrogen-bond donors (Lipinski definition) is 3. The van der Waals surface area contributed by atoms with E-state index in [4.69, 9.17) is 16.7 Å². The summed E-state index contributed by atoms with van der Waals surface area (Å²) in [6, 6.07) is 4.51. The number of carbonyl (C=O) groups is 1. The van der Waals surface area contributed by atoms with E-state index in [9.17, 15) is 9.18 Å². The van der Waals surface area contributed by atoms with E-state index in [1.165, 1.54) is 12.1 Å². The maximum atomic E-state index is 13.5. The van der Waals surface area contributed by atoms with Crippen molar-refractivity contribution >= 4 is 23.3 Å². The zero-order valence-corrected chi connectivity index (χ0v) is 12.4. The summed E-state index contributed by atoms with van der Waals surface area (Å²) in [6.45, 7) is 1.89. The van der Waals surface area contributed by atoms with Crippen LogP contribution in [0.15, 0.2) is 18.2 Å². The van der Waals surface area contributed by atoms with Crippen molar-refractivity contribution in [3.63, 3.8) is 0 Å². The van der Waals surface area contributed by atoms with Gasteiger partial charge < -0.3 is 20.6 Å². The van der Waals surface area contributed by atoms with Crippen LogP contribution >= 0.6 is 11.6 Å². The van der Waals surface area contributed by atoms with Gasteiger partial charge in [-0.25, -0.2) is 9.18 Å². The largest absolute Gasteiger partial charge is 0.396 e. The third-order valence-electron chi connectivity index (χ3n) is 3.41. The molecule has 0 saturated carbocycles. The number of benzene rings is 1. The second kappa shape index (κ2) is 7.47. The van der Waals surface area contributed by atoms with Crippen LogP contribution in [0.2, 0.25) is 5.02 Å². The van der Waals surface area contributed by atoms with Gasteiger partial charge in [0.2, 0.25) is 0 Å². The molecule has 0 aliphatic carbocycles. The highest BCUT2D eigenvalue weighted by atomic mass is 35.5. The van der Waals surface area contributed by atoms with Gasteiger partial charge in [0.25, 0.3) is 0 Å². The van der Waals surface area contributed by atoms with Crippen LogP contribution in [-0.2, 0) is 0 Å². The standard InChI is InChI=1S/C14H19ClFN3O2/c15-12-3-2-11(8-13(12)16)19-6-4-10(9-19)18-14(21)17-5-1-7-20/h2-3,8,10,20H,1,4-7,9H2,(H2,17,18,21). The van der Waals surface area contributed by atoms with E-state index in [0.717, 1.165) is 18.7 Å². The molecule has 1 heterocycles. The second-order valence-corrected chi connectivity index (χ2v) is 5.41. The molecule has 116 valence electrons. The molecule has 3 N–H and O–H groups in total. The number of aliphatic hydroxyl groups is 1. The number of rotatable bonds is 5. The molecule has 1 aromatic carbocycles. The fraction of sp³-hybridized carbons (Fsp3) is 0.500. The number of nitrogens with one attached hydrogen (secondary N) is 2. The van der Waals surface area contributed by atoms with E-state index < -0.39 is 5.82 Å². The highest BCUT2D eigenvalue weighted by Gasteiger charge is 2.24.